The average Bonchev–Trinajstić information content (AvgIpc) is 2.41. The first kappa shape index (κ1) is 15.4. The molecule has 1 aromatic rings. The highest BCUT2D eigenvalue weighted by atomic mass is 19.1. The van der Waals surface area contributed by atoms with E-state index in [-0.39, 0.29) is 5.84 Å². The maximum Gasteiger partial charge on any atom is 0.170 e. The summed E-state index contributed by atoms with van der Waals surface area (Å²) in [7, 11) is 1.68. The average molecular weight is 269 g/mol. The Morgan fingerprint density at radius 3 is 2.89 bits per heavy atom. The van der Waals surface area contributed by atoms with Crippen molar-refractivity contribution in [1.29, 1.82) is 0 Å². The molecule has 1 aromatic carbocycles. The number of nitrogens with zero attached hydrogens (tertiary/aromatic N) is 1. The van der Waals surface area contributed by atoms with Crippen molar-refractivity contribution in [3.8, 4) is 0 Å². The molecule has 4 N–H and O–H groups in total. The Hall–Kier alpha value is -1.66. The van der Waals surface area contributed by atoms with Crippen LogP contribution in [0.2, 0.25) is 0 Å². The highest BCUT2D eigenvalue weighted by Crippen LogP contribution is 2.09. The highest BCUT2D eigenvalue weighted by Gasteiger charge is 2.04. The molecule has 5 nitrogen and oxygen atoms in total. The molecule has 6 heteroatoms. The van der Waals surface area contributed by atoms with Crippen LogP contribution in [0.3, 0.4) is 0 Å². The number of rotatable bonds is 8. The van der Waals surface area contributed by atoms with Gasteiger partial charge in [-0.1, -0.05) is 5.16 Å². The molecule has 106 valence electrons. The van der Waals surface area contributed by atoms with Crippen molar-refractivity contribution < 1.29 is 14.3 Å². The lowest BCUT2D eigenvalue weighted by atomic mass is 10.1. The van der Waals surface area contributed by atoms with Crippen molar-refractivity contribution in [3.05, 3.63) is 35.1 Å². The molecule has 0 aliphatic heterocycles. The fraction of sp³-hybridized carbons (Fsp3) is 0.462. The van der Waals surface area contributed by atoms with E-state index in [1.165, 1.54) is 12.1 Å². The second kappa shape index (κ2) is 8.44. The normalized spacial score (nSPS) is 11.8. The lowest BCUT2D eigenvalue weighted by Crippen LogP contribution is -2.17. The first-order chi connectivity index (χ1) is 9.17. The van der Waals surface area contributed by atoms with Crippen molar-refractivity contribution >= 4 is 5.84 Å². The lowest BCUT2D eigenvalue weighted by Gasteiger charge is -2.07. The third-order valence-corrected chi connectivity index (χ3v) is 2.64. The Balaban J connectivity index is 2.47. The van der Waals surface area contributed by atoms with Gasteiger partial charge < -0.3 is 21.0 Å². The number of amidine groups is 1. The summed E-state index contributed by atoms with van der Waals surface area (Å²) in [6, 6.07) is 4.35. The summed E-state index contributed by atoms with van der Waals surface area (Å²) in [6.07, 6.45) is 1.98. The van der Waals surface area contributed by atoms with Gasteiger partial charge in [0.15, 0.2) is 5.84 Å². The minimum absolute atomic E-state index is 0.0964. The van der Waals surface area contributed by atoms with Crippen LogP contribution in [0.5, 0.6) is 0 Å². The summed E-state index contributed by atoms with van der Waals surface area (Å²) in [5.74, 6) is -0.499. The van der Waals surface area contributed by atoms with E-state index in [0.717, 1.165) is 31.6 Å². The van der Waals surface area contributed by atoms with Gasteiger partial charge in [-0.15, -0.1) is 0 Å². The van der Waals surface area contributed by atoms with Crippen molar-refractivity contribution in [2.24, 2.45) is 10.9 Å². The predicted octanol–water partition coefficient (Wildman–Crippen LogP) is 1.44. The maximum atomic E-state index is 13.4. The van der Waals surface area contributed by atoms with Crippen LogP contribution in [0.4, 0.5) is 4.39 Å². The number of unbranched alkanes of at least 4 members (excludes halogenated alkanes) is 1. The van der Waals surface area contributed by atoms with E-state index in [1.807, 2.05) is 0 Å². The minimum atomic E-state index is -0.403. The number of halogens is 1. The molecule has 0 bridgehead atoms. The van der Waals surface area contributed by atoms with Gasteiger partial charge in [-0.2, -0.15) is 0 Å². The van der Waals surface area contributed by atoms with Crippen LogP contribution < -0.4 is 11.1 Å². The number of benzene rings is 1. The van der Waals surface area contributed by atoms with Crippen LogP contribution in [0, 0.1) is 5.82 Å². The number of ether oxygens (including phenoxy) is 1. The standard InChI is InChI=1S/C13H20FN3O2/c1-19-5-3-2-4-16-9-10-6-11(13(15)17-18)8-12(14)7-10/h6-8,16,18H,2-5,9H2,1H3,(H2,15,17). The van der Waals surface area contributed by atoms with Crippen LogP contribution in [0.1, 0.15) is 24.0 Å². The first-order valence-corrected chi connectivity index (χ1v) is 6.14. The van der Waals surface area contributed by atoms with E-state index < -0.39 is 5.82 Å². The third kappa shape index (κ3) is 5.67. The summed E-state index contributed by atoms with van der Waals surface area (Å²) in [5, 5.41) is 14.7. The topological polar surface area (TPSA) is 79.9 Å². The molecule has 0 aromatic heterocycles. The third-order valence-electron chi connectivity index (χ3n) is 2.64. The summed E-state index contributed by atoms with van der Waals surface area (Å²) < 4.78 is 18.3. The van der Waals surface area contributed by atoms with E-state index in [1.54, 1.807) is 13.2 Å². The van der Waals surface area contributed by atoms with Crippen molar-refractivity contribution in [2.75, 3.05) is 20.3 Å². The largest absolute Gasteiger partial charge is 0.409 e. The van der Waals surface area contributed by atoms with Crippen LogP contribution >= 0.6 is 0 Å². The van der Waals surface area contributed by atoms with E-state index in [2.05, 4.69) is 10.5 Å². The molecule has 0 aliphatic carbocycles. The minimum Gasteiger partial charge on any atom is -0.409 e. The smallest absolute Gasteiger partial charge is 0.170 e. The number of nitrogens with one attached hydrogen (secondary N) is 1. The molecular weight excluding hydrogens is 249 g/mol. The fourth-order valence-corrected chi connectivity index (χ4v) is 1.69. The zero-order chi connectivity index (χ0) is 14.1. The maximum absolute atomic E-state index is 13.4. The molecular formula is C13H20FN3O2. The molecule has 0 saturated carbocycles. The first-order valence-electron chi connectivity index (χ1n) is 6.14. The van der Waals surface area contributed by atoms with Crippen LogP contribution in [0.15, 0.2) is 23.4 Å². The zero-order valence-corrected chi connectivity index (χ0v) is 11.0. The molecule has 0 radical (unpaired) electrons. The lowest BCUT2D eigenvalue weighted by molar-refractivity contribution is 0.192. The monoisotopic (exact) mass is 269 g/mol. The molecule has 1 rings (SSSR count). The van der Waals surface area contributed by atoms with Gasteiger partial charge in [-0.3, -0.25) is 0 Å². The summed E-state index contributed by atoms with van der Waals surface area (Å²) in [6.45, 7) is 2.12. The van der Waals surface area contributed by atoms with Crippen LogP contribution in [0.25, 0.3) is 0 Å². The summed E-state index contributed by atoms with van der Waals surface area (Å²) in [4.78, 5) is 0. The van der Waals surface area contributed by atoms with Gasteiger partial charge in [0.25, 0.3) is 0 Å². The van der Waals surface area contributed by atoms with Gasteiger partial charge in [-0.25, -0.2) is 4.39 Å². The molecule has 0 unspecified atom stereocenters. The molecule has 19 heavy (non-hydrogen) atoms. The molecule has 0 aliphatic rings. The second-order valence-electron chi connectivity index (χ2n) is 4.21. The molecule has 0 atom stereocenters. The Morgan fingerprint density at radius 2 is 2.21 bits per heavy atom. The van der Waals surface area contributed by atoms with Crippen LogP contribution in [-0.2, 0) is 11.3 Å². The highest BCUT2D eigenvalue weighted by molar-refractivity contribution is 5.97. The quantitative estimate of drug-likeness (QED) is 0.219. The predicted molar refractivity (Wildman–Crippen MR) is 71.7 cm³/mol. The van der Waals surface area contributed by atoms with Crippen molar-refractivity contribution in [2.45, 2.75) is 19.4 Å². The summed E-state index contributed by atoms with van der Waals surface area (Å²) in [5.41, 5.74) is 6.57. The Morgan fingerprint density at radius 1 is 1.42 bits per heavy atom. The van der Waals surface area contributed by atoms with Crippen LogP contribution in [-0.4, -0.2) is 31.3 Å². The van der Waals surface area contributed by atoms with E-state index in [0.29, 0.717) is 12.1 Å². The number of hydrogen-bond acceptors (Lipinski definition) is 4. The SMILES string of the molecule is COCCCCNCc1cc(F)cc(/C(N)=N/O)c1. The molecule has 0 saturated heterocycles. The Labute approximate surface area is 112 Å². The van der Waals surface area contributed by atoms with Crippen molar-refractivity contribution in [3.63, 3.8) is 0 Å². The van der Waals surface area contributed by atoms with Gasteiger partial charge in [0, 0.05) is 25.8 Å². The number of hydrogen-bond donors (Lipinski definition) is 3. The Kier molecular flexibility index (Phi) is 6.84. The molecule has 0 spiro atoms. The van der Waals surface area contributed by atoms with Crippen molar-refractivity contribution in [1.82, 2.24) is 5.32 Å². The van der Waals surface area contributed by atoms with E-state index >= 15 is 0 Å². The molecule has 0 fully saturated rings. The van der Waals surface area contributed by atoms with Gasteiger partial charge in [-0.05, 0) is 43.1 Å². The van der Waals surface area contributed by atoms with Gasteiger partial charge >= 0.3 is 0 Å². The Bertz CT molecular complexity index is 424. The number of nitrogens with two attached hydrogens (primary N) is 1. The molecule has 0 amide bonds. The zero-order valence-electron chi connectivity index (χ0n) is 11.0. The van der Waals surface area contributed by atoms with E-state index in [9.17, 15) is 4.39 Å². The van der Waals surface area contributed by atoms with Gasteiger partial charge in [0.2, 0.25) is 0 Å². The number of oxime groups is 1. The van der Waals surface area contributed by atoms with Gasteiger partial charge in [0.05, 0.1) is 0 Å². The summed E-state index contributed by atoms with van der Waals surface area (Å²) >= 11 is 0. The number of methoxy groups -OCH3 is 1. The molecule has 0 heterocycles. The van der Waals surface area contributed by atoms with E-state index in [4.69, 9.17) is 15.7 Å². The fourth-order valence-electron chi connectivity index (χ4n) is 1.69. The van der Waals surface area contributed by atoms with Gasteiger partial charge in [0.1, 0.15) is 5.82 Å². The second-order valence-corrected chi connectivity index (χ2v) is 4.21.